The maximum Gasteiger partial charge on any atom is 0.240 e. The van der Waals surface area contributed by atoms with Gasteiger partial charge in [0, 0.05) is 56.3 Å². The van der Waals surface area contributed by atoms with Gasteiger partial charge >= 0.3 is 0 Å². The van der Waals surface area contributed by atoms with Crippen molar-refractivity contribution in [2.45, 2.75) is 26.3 Å². The molecule has 0 bridgehead atoms. The predicted octanol–water partition coefficient (Wildman–Crippen LogP) is 2.37. The molecule has 1 fully saturated rings. The van der Waals surface area contributed by atoms with E-state index >= 15 is 0 Å². The monoisotopic (exact) mass is 365 g/mol. The third-order valence-electron chi connectivity index (χ3n) is 4.63. The highest BCUT2D eigenvalue weighted by atomic mass is 16.5. The Hall–Kier alpha value is -2.87. The normalized spacial score (nSPS) is 15.4. The van der Waals surface area contributed by atoms with Crippen LogP contribution >= 0.6 is 0 Å². The van der Waals surface area contributed by atoms with Gasteiger partial charge in [-0.1, -0.05) is 19.0 Å². The maximum atomic E-state index is 5.36. The quantitative estimate of drug-likeness (QED) is 0.681. The molecule has 0 amide bonds. The lowest BCUT2D eigenvalue weighted by molar-refractivity contribution is 0.214. The minimum Gasteiger partial charge on any atom is -0.338 e. The zero-order valence-corrected chi connectivity index (χ0v) is 15.6. The van der Waals surface area contributed by atoms with Crippen molar-refractivity contribution in [3.05, 3.63) is 48.5 Å². The van der Waals surface area contributed by atoms with E-state index in [0.717, 1.165) is 49.2 Å². The summed E-state index contributed by atoms with van der Waals surface area (Å²) in [5.74, 6) is 2.50. The fourth-order valence-corrected chi connectivity index (χ4v) is 3.05. The highest BCUT2D eigenvalue weighted by Gasteiger charge is 2.21. The summed E-state index contributed by atoms with van der Waals surface area (Å²) in [4.78, 5) is 22.2. The van der Waals surface area contributed by atoms with Gasteiger partial charge < -0.3 is 9.42 Å². The van der Waals surface area contributed by atoms with Crippen molar-refractivity contribution in [3.63, 3.8) is 0 Å². The van der Waals surface area contributed by atoms with Crippen LogP contribution in [0.4, 0.5) is 5.95 Å². The average molecular weight is 365 g/mol. The van der Waals surface area contributed by atoms with Gasteiger partial charge in [0.1, 0.15) is 0 Å². The lowest BCUT2D eigenvalue weighted by Crippen LogP contribution is -2.46. The molecule has 0 atom stereocenters. The number of hydrogen-bond donors (Lipinski definition) is 0. The van der Waals surface area contributed by atoms with E-state index in [1.54, 1.807) is 12.4 Å². The summed E-state index contributed by atoms with van der Waals surface area (Å²) in [6.45, 7) is 8.35. The Kier molecular flexibility index (Phi) is 5.06. The van der Waals surface area contributed by atoms with Crippen LogP contribution in [-0.4, -0.2) is 56.2 Å². The lowest BCUT2D eigenvalue weighted by Gasteiger charge is -2.33. The third kappa shape index (κ3) is 4.11. The van der Waals surface area contributed by atoms with Gasteiger partial charge in [-0.25, -0.2) is 9.97 Å². The number of anilines is 1. The second-order valence-corrected chi connectivity index (χ2v) is 6.94. The van der Waals surface area contributed by atoms with Crippen molar-refractivity contribution in [3.8, 4) is 11.3 Å². The minimum absolute atomic E-state index is 0.282. The van der Waals surface area contributed by atoms with Gasteiger partial charge in [-0.2, -0.15) is 4.98 Å². The van der Waals surface area contributed by atoms with Gasteiger partial charge in [-0.05, 0) is 18.2 Å². The van der Waals surface area contributed by atoms with Crippen molar-refractivity contribution in [2.24, 2.45) is 0 Å². The fraction of sp³-hybridized carbons (Fsp3) is 0.421. The van der Waals surface area contributed by atoms with Gasteiger partial charge in [0.15, 0.2) is 5.82 Å². The number of aromatic nitrogens is 5. The van der Waals surface area contributed by atoms with E-state index in [9.17, 15) is 0 Å². The number of hydrogen-bond acceptors (Lipinski definition) is 8. The number of rotatable bonds is 5. The van der Waals surface area contributed by atoms with Crippen LogP contribution in [0.2, 0.25) is 0 Å². The number of piperazine rings is 1. The first-order valence-electron chi connectivity index (χ1n) is 9.22. The predicted molar refractivity (Wildman–Crippen MR) is 101 cm³/mol. The first-order valence-corrected chi connectivity index (χ1v) is 9.22. The largest absolute Gasteiger partial charge is 0.338 e. The summed E-state index contributed by atoms with van der Waals surface area (Å²) >= 11 is 0. The van der Waals surface area contributed by atoms with Crippen LogP contribution in [0.25, 0.3) is 11.3 Å². The highest BCUT2D eigenvalue weighted by Crippen LogP contribution is 2.19. The molecule has 0 N–H and O–H groups in total. The van der Waals surface area contributed by atoms with Crippen molar-refractivity contribution in [1.82, 2.24) is 30.0 Å². The first-order chi connectivity index (χ1) is 13.2. The fourth-order valence-electron chi connectivity index (χ4n) is 3.05. The summed E-state index contributed by atoms with van der Waals surface area (Å²) in [5, 5.41) is 4.03. The molecular formula is C19H23N7O. The summed E-state index contributed by atoms with van der Waals surface area (Å²) in [6, 6.07) is 5.84. The Labute approximate surface area is 158 Å². The Morgan fingerprint density at radius 2 is 1.78 bits per heavy atom. The van der Waals surface area contributed by atoms with Crippen molar-refractivity contribution >= 4 is 5.95 Å². The van der Waals surface area contributed by atoms with Crippen LogP contribution in [0, 0.1) is 0 Å². The van der Waals surface area contributed by atoms with E-state index in [2.05, 4.69) is 43.8 Å². The van der Waals surface area contributed by atoms with E-state index in [4.69, 9.17) is 9.51 Å². The maximum absolute atomic E-state index is 5.36. The van der Waals surface area contributed by atoms with Crippen molar-refractivity contribution in [1.29, 1.82) is 0 Å². The molecule has 4 rings (SSSR count). The molecule has 8 nitrogen and oxygen atoms in total. The zero-order valence-electron chi connectivity index (χ0n) is 15.6. The second kappa shape index (κ2) is 7.79. The van der Waals surface area contributed by atoms with Crippen LogP contribution in [0.3, 0.4) is 0 Å². The molecule has 3 aromatic rings. The standard InChI is InChI=1S/C19H23N7O/c1-14(2)18-23-17(27-24-18)13-25-9-11-26(12-10-25)19-21-8-5-16(22-19)15-3-6-20-7-4-15/h3-8,14H,9-13H2,1-2H3. The van der Waals surface area contributed by atoms with Gasteiger partial charge in [0.25, 0.3) is 0 Å². The summed E-state index contributed by atoms with van der Waals surface area (Å²) in [5.41, 5.74) is 1.96. The van der Waals surface area contributed by atoms with Crippen LogP contribution < -0.4 is 4.90 Å². The van der Waals surface area contributed by atoms with Crippen LogP contribution in [0.5, 0.6) is 0 Å². The third-order valence-corrected chi connectivity index (χ3v) is 4.63. The van der Waals surface area contributed by atoms with Crippen LogP contribution in [-0.2, 0) is 6.54 Å². The molecule has 4 heterocycles. The Morgan fingerprint density at radius 1 is 1.00 bits per heavy atom. The smallest absolute Gasteiger partial charge is 0.240 e. The average Bonchev–Trinajstić information content (AvgIpc) is 3.18. The van der Waals surface area contributed by atoms with Crippen LogP contribution in [0.15, 0.2) is 41.3 Å². The molecule has 1 saturated heterocycles. The topological polar surface area (TPSA) is 84.1 Å². The molecule has 1 aliphatic heterocycles. The number of pyridine rings is 1. The van der Waals surface area contributed by atoms with E-state index < -0.39 is 0 Å². The Balaban J connectivity index is 1.38. The van der Waals surface area contributed by atoms with Crippen LogP contribution in [0.1, 0.15) is 31.5 Å². The van der Waals surface area contributed by atoms with Gasteiger partial charge in [-0.15, -0.1) is 0 Å². The molecule has 140 valence electrons. The molecule has 0 aromatic carbocycles. The van der Waals surface area contributed by atoms with Crippen molar-refractivity contribution in [2.75, 3.05) is 31.1 Å². The first kappa shape index (κ1) is 17.5. The molecule has 3 aromatic heterocycles. The van der Waals surface area contributed by atoms with E-state index in [1.807, 2.05) is 24.4 Å². The molecule has 0 aliphatic carbocycles. The van der Waals surface area contributed by atoms with E-state index in [-0.39, 0.29) is 5.92 Å². The summed E-state index contributed by atoms with van der Waals surface area (Å²) < 4.78 is 5.36. The Bertz CT molecular complexity index is 873. The van der Waals surface area contributed by atoms with Crippen molar-refractivity contribution < 1.29 is 4.52 Å². The molecule has 0 radical (unpaired) electrons. The van der Waals surface area contributed by atoms with Gasteiger partial charge in [-0.3, -0.25) is 9.88 Å². The molecule has 0 saturated carbocycles. The molecule has 1 aliphatic rings. The molecule has 0 spiro atoms. The molecule has 27 heavy (non-hydrogen) atoms. The summed E-state index contributed by atoms with van der Waals surface area (Å²) in [6.07, 6.45) is 5.37. The SMILES string of the molecule is CC(C)c1noc(CN2CCN(c3nccc(-c4ccncc4)n3)CC2)n1. The number of nitrogens with zero attached hydrogens (tertiary/aromatic N) is 7. The molecule has 8 heteroatoms. The highest BCUT2D eigenvalue weighted by molar-refractivity contribution is 5.59. The molecular weight excluding hydrogens is 342 g/mol. The zero-order chi connectivity index (χ0) is 18.6. The summed E-state index contributed by atoms with van der Waals surface area (Å²) in [7, 11) is 0. The Morgan fingerprint density at radius 3 is 2.48 bits per heavy atom. The molecule has 0 unspecified atom stereocenters. The van der Waals surface area contributed by atoms with E-state index in [1.165, 1.54) is 0 Å². The van der Waals surface area contributed by atoms with Gasteiger partial charge in [0.05, 0.1) is 12.2 Å². The minimum atomic E-state index is 0.282. The van der Waals surface area contributed by atoms with Gasteiger partial charge in [0.2, 0.25) is 11.8 Å². The second-order valence-electron chi connectivity index (χ2n) is 6.94. The van der Waals surface area contributed by atoms with E-state index in [0.29, 0.717) is 12.4 Å². The lowest BCUT2D eigenvalue weighted by atomic mass is 10.2.